The van der Waals surface area contributed by atoms with Gasteiger partial charge in [0.25, 0.3) is 17.1 Å². The highest BCUT2D eigenvalue weighted by atomic mass is 32.2. The van der Waals surface area contributed by atoms with Crippen molar-refractivity contribution in [2.24, 2.45) is 0 Å². The second kappa shape index (κ2) is 9.38. The number of carbonyl (C=O) groups is 3. The summed E-state index contributed by atoms with van der Waals surface area (Å²) in [5, 5.41) is 2.35. The van der Waals surface area contributed by atoms with Crippen LogP contribution in [0.25, 0.3) is 6.08 Å². The van der Waals surface area contributed by atoms with Gasteiger partial charge in [0, 0.05) is 19.3 Å². The monoisotopic (exact) mass is 411 g/mol. The van der Waals surface area contributed by atoms with Crippen LogP contribution in [0.5, 0.6) is 5.88 Å². The van der Waals surface area contributed by atoms with Gasteiger partial charge in [0.1, 0.15) is 5.56 Å². The number of hydrogen-bond donors (Lipinski definition) is 1. The lowest BCUT2D eigenvalue weighted by molar-refractivity contribution is -0.122. The number of carbonyl (C=O) groups excluding carboxylic acids is 3. The summed E-state index contributed by atoms with van der Waals surface area (Å²) in [5.74, 6) is -0.477. The molecule has 3 amide bonds. The van der Waals surface area contributed by atoms with Crippen LogP contribution in [0.2, 0.25) is 0 Å². The van der Waals surface area contributed by atoms with Crippen LogP contribution in [-0.2, 0) is 4.79 Å². The third-order valence-corrected chi connectivity index (χ3v) is 5.07. The van der Waals surface area contributed by atoms with Gasteiger partial charge in [-0.15, -0.1) is 0 Å². The van der Waals surface area contributed by atoms with Gasteiger partial charge in [0.15, 0.2) is 0 Å². The molecule has 1 aliphatic rings. The minimum absolute atomic E-state index is 0.0892. The van der Waals surface area contributed by atoms with E-state index in [0.29, 0.717) is 17.1 Å². The number of hydrogen-bond acceptors (Lipinski definition) is 6. The quantitative estimate of drug-likeness (QED) is 0.704. The maximum Gasteiger partial charge on any atom is 0.293 e. The first kappa shape index (κ1) is 20.6. The molecule has 7 nitrogen and oxygen atoms in total. The fourth-order valence-electron chi connectivity index (χ4n) is 2.70. The van der Waals surface area contributed by atoms with Crippen LogP contribution < -0.4 is 10.1 Å². The first-order chi connectivity index (χ1) is 14.0. The highest BCUT2D eigenvalue weighted by molar-refractivity contribution is 8.18. The molecule has 1 N–H and O–H groups in total. The Morgan fingerprint density at radius 1 is 1.24 bits per heavy atom. The summed E-state index contributed by atoms with van der Waals surface area (Å²) in [4.78, 5) is 42.7. The number of nitrogens with zero attached hydrogens (tertiary/aromatic N) is 2. The van der Waals surface area contributed by atoms with E-state index in [-0.39, 0.29) is 36.0 Å². The molecule has 0 unspecified atom stereocenters. The van der Waals surface area contributed by atoms with E-state index in [0.717, 1.165) is 27.8 Å². The summed E-state index contributed by atoms with van der Waals surface area (Å²) in [6, 6.07) is 10.9. The first-order valence-corrected chi connectivity index (χ1v) is 9.99. The Morgan fingerprint density at radius 2 is 2.00 bits per heavy atom. The van der Waals surface area contributed by atoms with Crippen molar-refractivity contribution in [1.29, 1.82) is 0 Å². The molecule has 0 spiro atoms. The van der Waals surface area contributed by atoms with Gasteiger partial charge in [-0.3, -0.25) is 19.3 Å². The van der Waals surface area contributed by atoms with Crippen molar-refractivity contribution in [3.8, 4) is 5.88 Å². The molecule has 1 aliphatic heterocycles. The molecule has 0 atom stereocenters. The highest BCUT2D eigenvalue weighted by Crippen LogP contribution is 2.31. The Balaban J connectivity index is 1.60. The Morgan fingerprint density at radius 3 is 2.72 bits per heavy atom. The van der Waals surface area contributed by atoms with E-state index in [4.69, 9.17) is 4.74 Å². The normalized spacial score (nSPS) is 15.1. The number of pyridine rings is 1. The average molecular weight is 411 g/mol. The van der Waals surface area contributed by atoms with Crippen molar-refractivity contribution in [2.45, 2.75) is 13.8 Å². The molecule has 1 saturated heterocycles. The van der Waals surface area contributed by atoms with Crippen LogP contribution in [0.4, 0.5) is 4.79 Å². The Hall–Kier alpha value is -3.13. The SMILES string of the molecule is CCOc1ncccc1C(=O)NCCN1C(=O)S/C(=C\c2ccc(C)cc2)C1=O. The van der Waals surface area contributed by atoms with E-state index >= 15 is 0 Å². The molecule has 1 aromatic heterocycles. The van der Waals surface area contributed by atoms with Gasteiger partial charge in [-0.1, -0.05) is 29.8 Å². The molecule has 0 saturated carbocycles. The van der Waals surface area contributed by atoms with Crippen LogP contribution in [-0.4, -0.2) is 46.6 Å². The minimum atomic E-state index is -0.372. The van der Waals surface area contributed by atoms with E-state index in [1.807, 2.05) is 31.2 Å². The zero-order valence-electron chi connectivity index (χ0n) is 16.2. The lowest BCUT2D eigenvalue weighted by atomic mass is 10.1. The Bertz CT molecular complexity index is 957. The van der Waals surface area contributed by atoms with Crippen LogP contribution in [0.15, 0.2) is 47.5 Å². The van der Waals surface area contributed by atoms with Gasteiger partial charge < -0.3 is 10.1 Å². The van der Waals surface area contributed by atoms with Gasteiger partial charge in [-0.25, -0.2) is 4.98 Å². The smallest absolute Gasteiger partial charge is 0.293 e. The van der Waals surface area contributed by atoms with Crippen LogP contribution in [0, 0.1) is 6.92 Å². The number of benzene rings is 1. The number of nitrogens with one attached hydrogen (secondary N) is 1. The van der Waals surface area contributed by atoms with Gasteiger partial charge in [-0.05, 0) is 49.4 Å². The lowest BCUT2D eigenvalue weighted by Gasteiger charge is -2.13. The maximum atomic E-state index is 12.5. The molecule has 0 radical (unpaired) electrons. The summed E-state index contributed by atoms with van der Waals surface area (Å²) < 4.78 is 5.35. The summed E-state index contributed by atoms with van der Waals surface area (Å²) in [6.07, 6.45) is 3.25. The maximum absolute atomic E-state index is 12.5. The molecule has 1 fully saturated rings. The number of aromatic nitrogens is 1. The summed E-state index contributed by atoms with van der Waals surface area (Å²) in [7, 11) is 0. The van der Waals surface area contributed by atoms with E-state index < -0.39 is 0 Å². The first-order valence-electron chi connectivity index (χ1n) is 9.17. The standard InChI is InChI=1S/C21H21N3O4S/c1-3-28-19-16(5-4-10-23-19)18(25)22-11-12-24-20(26)17(29-21(24)27)13-15-8-6-14(2)7-9-15/h4-10,13H,3,11-12H2,1-2H3,(H,22,25)/b17-13-. The third-order valence-electron chi connectivity index (χ3n) is 4.17. The number of imide groups is 1. The van der Waals surface area contributed by atoms with Crippen LogP contribution in [0.1, 0.15) is 28.4 Å². The average Bonchev–Trinajstić information content (AvgIpc) is 2.97. The zero-order valence-corrected chi connectivity index (χ0v) is 17.0. The molecule has 150 valence electrons. The summed E-state index contributed by atoms with van der Waals surface area (Å²) in [6.45, 7) is 4.40. The number of ether oxygens (including phenoxy) is 1. The Labute approximate surface area is 173 Å². The molecular formula is C21H21N3O4S. The zero-order chi connectivity index (χ0) is 20.8. The minimum Gasteiger partial charge on any atom is -0.477 e. The third kappa shape index (κ3) is 5.03. The van der Waals surface area contributed by atoms with Crippen LogP contribution in [0.3, 0.4) is 0 Å². The number of thioether (sulfide) groups is 1. The van der Waals surface area contributed by atoms with Crippen LogP contribution >= 0.6 is 11.8 Å². The molecule has 3 rings (SSSR count). The molecule has 0 aliphatic carbocycles. The number of aryl methyl sites for hydroxylation is 1. The molecule has 8 heteroatoms. The van der Waals surface area contributed by atoms with Crippen molar-refractivity contribution >= 4 is 34.9 Å². The van der Waals surface area contributed by atoms with Gasteiger partial charge in [0.2, 0.25) is 5.88 Å². The second-order valence-corrected chi connectivity index (χ2v) is 7.28. The predicted molar refractivity (Wildman–Crippen MR) is 112 cm³/mol. The fraction of sp³-hybridized carbons (Fsp3) is 0.238. The molecule has 2 aromatic rings. The topological polar surface area (TPSA) is 88.6 Å². The molecule has 1 aromatic carbocycles. The van der Waals surface area contributed by atoms with Gasteiger partial charge >= 0.3 is 0 Å². The summed E-state index contributed by atoms with van der Waals surface area (Å²) in [5.41, 5.74) is 2.28. The predicted octanol–water partition coefficient (Wildman–Crippen LogP) is 3.26. The van der Waals surface area contributed by atoms with Crippen molar-refractivity contribution < 1.29 is 19.1 Å². The van der Waals surface area contributed by atoms with Gasteiger partial charge in [-0.2, -0.15) is 0 Å². The van der Waals surface area contributed by atoms with Crippen molar-refractivity contribution in [3.63, 3.8) is 0 Å². The molecular weight excluding hydrogens is 390 g/mol. The second-order valence-electron chi connectivity index (χ2n) is 6.29. The molecule has 0 bridgehead atoms. The van der Waals surface area contributed by atoms with E-state index in [1.54, 1.807) is 31.3 Å². The van der Waals surface area contributed by atoms with E-state index in [1.165, 1.54) is 0 Å². The van der Waals surface area contributed by atoms with Gasteiger partial charge in [0.05, 0.1) is 11.5 Å². The highest BCUT2D eigenvalue weighted by Gasteiger charge is 2.34. The van der Waals surface area contributed by atoms with Crippen molar-refractivity contribution in [2.75, 3.05) is 19.7 Å². The fourth-order valence-corrected chi connectivity index (χ4v) is 3.56. The molecule has 2 heterocycles. The van der Waals surface area contributed by atoms with E-state index in [2.05, 4.69) is 10.3 Å². The molecule has 29 heavy (non-hydrogen) atoms. The number of rotatable bonds is 7. The largest absolute Gasteiger partial charge is 0.477 e. The van der Waals surface area contributed by atoms with E-state index in [9.17, 15) is 14.4 Å². The lowest BCUT2D eigenvalue weighted by Crippen LogP contribution is -2.37. The van der Waals surface area contributed by atoms with Crippen molar-refractivity contribution in [1.82, 2.24) is 15.2 Å². The van der Waals surface area contributed by atoms with Crippen molar-refractivity contribution in [3.05, 3.63) is 64.2 Å². The summed E-state index contributed by atoms with van der Waals surface area (Å²) >= 11 is 0.901. The Kier molecular flexibility index (Phi) is 6.66. The number of amides is 3.